The van der Waals surface area contributed by atoms with E-state index < -0.39 is 24.4 Å². The van der Waals surface area contributed by atoms with Crippen molar-refractivity contribution in [1.82, 2.24) is 5.32 Å². The van der Waals surface area contributed by atoms with Crippen molar-refractivity contribution in [3.8, 4) is 0 Å². The zero-order valence-corrected chi connectivity index (χ0v) is 12.8. The van der Waals surface area contributed by atoms with Gasteiger partial charge in [-0.2, -0.15) is 0 Å². The summed E-state index contributed by atoms with van der Waals surface area (Å²) in [4.78, 5) is 12.4. The summed E-state index contributed by atoms with van der Waals surface area (Å²) < 4.78 is 26.3. The van der Waals surface area contributed by atoms with Crippen LogP contribution >= 0.6 is 12.4 Å². The molecule has 2 rings (SSSR count). The van der Waals surface area contributed by atoms with Gasteiger partial charge in [0.1, 0.15) is 0 Å². The molecular formula is C15H21ClF2N2O. The zero-order valence-electron chi connectivity index (χ0n) is 12.0. The van der Waals surface area contributed by atoms with E-state index >= 15 is 0 Å². The van der Waals surface area contributed by atoms with E-state index in [1.54, 1.807) is 0 Å². The topological polar surface area (TPSA) is 55.1 Å². The van der Waals surface area contributed by atoms with Gasteiger partial charge in [0.2, 0.25) is 5.91 Å². The first-order valence-corrected chi connectivity index (χ1v) is 6.84. The van der Waals surface area contributed by atoms with Crippen molar-refractivity contribution >= 4 is 18.3 Å². The first-order chi connectivity index (χ1) is 9.39. The van der Waals surface area contributed by atoms with E-state index in [-0.39, 0.29) is 18.3 Å². The second-order valence-electron chi connectivity index (χ2n) is 5.59. The normalized spacial score (nSPS) is 21.1. The minimum absolute atomic E-state index is 0. The number of amides is 1. The van der Waals surface area contributed by atoms with Gasteiger partial charge in [0.05, 0.1) is 18.5 Å². The number of rotatable bonds is 4. The molecule has 0 bridgehead atoms. The van der Waals surface area contributed by atoms with Crippen LogP contribution in [0.25, 0.3) is 0 Å². The number of hydrogen-bond donors (Lipinski definition) is 2. The van der Waals surface area contributed by atoms with Gasteiger partial charge in [-0.05, 0) is 37.3 Å². The summed E-state index contributed by atoms with van der Waals surface area (Å²) in [5, 5.41) is 2.36. The molecule has 3 N–H and O–H groups in total. The number of aryl methyl sites for hydroxylation is 1. The predicted molar refractivity (Wildman–Crippen MR) is 81.0 cm³/mol. The smallest absolute Gasteiger partial charge is 0.277 e. The molecule has 0 saturated heterocycles. The van der Waals surface area contributed by atoms with Gasteiger partial charge in [0, 0.05) is 0 Å². The Bertz CT molecular complexity index is 510. The van der Waals surface area contributed by atoms with E-state index in [0.717, 1.165) is 24.0 Å². The number of nitrogens with one attached hydrogen (secondary N) is 1. The van der Waals surface area contributed by atoms with Crippen molar-refractivity contribution in [3.63, 3.8) is 0 Å². The number of benzene rings is 1. The number of hydrogen-bond acceptors (Lipinski definition) is 2. The van der Waals surface area contributed by atoms with Crippen molar-refractivity contribution in [3.05, 3.63) is 35.4 Å². The Labute approximate surface area is 129 Å². The van der Waals surface area contributed by atoms with E-state index in [9.17, 15) is 13.6 Å². The Morgan fingerprint density at radius 1 is 1.43 bits per heavy atom. The number of alkyl halides is 2. The van der Waals surface area contributed by atoms with Crippen LogP contribution in [0.15, 0.2) is 24.3 Å². The summed E-state index contributed by atoms with van der Waals surface area (Å²) in [5.41, 5.74) is 6.31. The van der Waals surface area contributed by atoms with E-state index in [1.165, 1.54) is 0 Å². The first kappa shape index (κ1) is 17.9. The van der Waals surface area contributed by atoms with E-state index in [4.69, 9.17) is 5.73 Å². The Balaban J connectivity index is 0.00000220. The standard InChI is InChI=1S/C15H20F2N2O.ClH/c1-14(13(20)19-10-15(16,17)9-18)8-4-6-11-5-2-3-7-12(11)14;/h2-3,5,7H,4,6,8-10,18H2,1H3,(H,19,20);1H. The van der Waals surface area contributed by atoms with E-state index in [2.05, 4.69) is 5.32 Å². The second-order valence-corrected chi connectivity index (χ2v) is 5.59. The van der Waals surface area contributed by atoms with Crippen molar-refractivity contribution in [2.24, 2.45) is 5.73 Å². The van der Waals surface area contributed by atoms with Crippen molar-refractivity contribution < 1.29 is 13.6 Å². The largest absolute Gasteiger partial charge is 0.349 e. The summed E-state index contributed by atoms with van der Waals surface area (Å²) >= 11 is 0. The number of halogens is 3. The molecular weight excluding hydrogens is 298 g/mol. The van der Waals surface area contributed by atoms with Gasteiger partial charge in [-0.15, -0.1) is 12.4 Å². The molecule has 1 amide bonds. The fourth-order valence-corrected chi connectivity index (χ4v) is 2.76. The molecule has 0 saturated carbocycles. The molecule has 1 aromatic rings. The molecule has 21 heavy (non-hydrogen) atoms. The Morgan fingerprint density at radius 2 is 2.10 bits per heavy atom. The molecule has 1 unspecified atom stereocenters. The van der Waals surface area contributed by atoms with Crippen molar-refractivity contribution in [2.45, 2.75) is 37.5 Å². The Hall–Kier alpha value is -1.20. The minimum atomic E-state index is -3.06. The third kappa shape index (κ3) is 3.71. The quantitative estimate of drug-likeness (QED) is 0.895. The molecule has 1 aliphatic carbocycles. The van der Waals surface area contributed by atoms with Crippen LogP contribution in [-0.2, 0) is 16.6 Å². The van der Waals surface area contributed by atoms with Crippen LogP contribution in [0, 0.1) is 0 Å². The van der Waals surface area contributed by atoms with Gasteiger partial charge in [-0.1, -0.05) is 24.3 Å². The lowest BCUT2D eigenvalue weighted by Gasteiger charge is -2.35. The maximum Gasteiger partial charge on any atom is 0.277 e. The van der Waals surface area contributed by atoms with Crippen LogP contribution in [0.3, 0.4) is 0 Å². The Kier molecular flexibility index (Phi) is 5.70. The molecule has 3 nitrogen and oxygen atoms in total. The van der Waals surface area contributed by atoms with Crippen LogP contribution in [0.4, 0.5) is 8.78 Å². The van der Waals surface area contributed by atoms with Crippen LogP contribution in [0.5, 0.6) is 0 Å². The maximum absolute atomic E-state index is 13.2. The minimum Gasteiger partial charge on any atom is -0.349 e. The molecule has 1 aliphatic rings. The molecule has 0 radical (unpaired) electrons. The monoisotopic (exact) mass is 318 g/mol. The third-order valence-electron chi connectivity index (χ3n) is 4.04. The van der Waals surface area contributed by atoms with Gasteiger partial charge < -0.3 is 11.1 Å². The molecule has 0 aliphatic heterocycles. The SMILES string of the molecule is CC1(C(=O)NCC(F)(F)CN)CCCc2ccccc21.Cl. The highest BCUT2D eigenvalue weighted by molar-refractivity contribution is 5.88. The number of nitrogens with two attached hydrogens (primary N) is 1. The molecule has 1 aromatic carbocycles. The fourth-order valence-electron chi connectivity index (χ4n) is 2.76. The van der Waals surface area contributed by atoms with Crippen LogP contribution in [0.1, 0.15) is 30.9 Å². The molecule has 0 aromatic heterocycles. The average molecular weight is 319 g/mol. The highest BCUT2D eigenvalue weighted by atomic mass is 35.5. The summed E-state index contributed by atoms with van der Waals surface area (Å²) in [7, 11) is 0. The molecule has 0 fully saturated rings. The van der Waals surface area contributed by atoms with Gasteiger partial charge in [0.15, 0.2) is 0 Å². The van der Waals surface area contributed by atoms with Gasteiger partial charge in [-0.25, -0.2) is 8.78 Å². The molecule has 0 spiro atoms. The number of carbonyl (C=O) groups excluding carboxylic acids is 1. The van der Waals surface area contributed by atoms with Gasteiger partial charge in [-0.3, -0.25) is 4.79 Å². The summed E-state index contributed by atoms with van der Waals surface area (Å²) in [6.45, 7) is 0.349. The van der Waals surface area contributed by atoms with Gasteiger partial charge in [0.25, 0.3) is 5.92 Å². The zero-order chi connectivity index (χ0) is 14.8. The number of fused-ring (bicyclic) bond motifs is 1. The van der Waals surface area contributed by atoms with Crippen molar-refractivity contribution in [1.29, 1.82) is 0 Å². The van der Waals surface area contributed by atoms with Crippen LogP contribution in [-0.4, -0.2) is 24.9 Å². The highest BCUT2D eigenvalue weighted by Gasteiger charge is 2.40. The van der Waals surface area contributed by atoms with Gasteiger partial charge >= 0.3 is 0 Å². The van der Waals surface area contributed by atoms with Crippen LogP contribution in [0.2, 0.25) is 0 Å². The van der Waals surface area contributed by atoms with Crippen molar-refractivity contribution in [2.75, 3.05) is 13.1 Å². The van der Waals surface area contributed by atoms with E-state index in [1.807, 2.05) is 31.2 Å². The lowest BCUT2D eigenvalue weighted by atomic mass is 9.70. The lowest BCUT2D eigenvalue weighted by Crippen LogP contribution is -2.49. The maximum atomic E-state index is 13.2. The second kappa shape index (κ2) is 6.71. The number of carbonyl (C=O) groups is 1. The summed E-state index contributed by atoms with van der Waals surface area (Å²) in [5.74, 6) is -3.40. The Morgan fingerprint density at radius 3 is 2.76 bits per heavy atom. The highest BCUT2D eigenvalue weighted by Crippen LogP contribution is 2.37. The molecule has 1 atom stereocenters. The summed E-state index contributed by atoms with van der Waals surface area (Å²) in [6.07, 6.45) is 2.48. The molecule has 6 heteroatoms. The molecule has 0 heterocycles. The predicted octanol–water partition coefficient (Wildman–Crippen LogP) is 2.41. The van der Waals surface area contributed by atoms with E-state index in [0.29, 0.717) is 6.42 Å². The first-order valence-electron chi connectivity index (χ1n) is 6.84. The average Bonchev–Trinajstić information content (AvgIpc) is 2.45. The third-order valence-corrected chi connectivity index (χ3v) is 4.04. The molecule has 118 valence electrons. The summed E-state index contributed by atoms with van der Waals surface area (Å²) in [6, 6.07) is 7.72. The fraction of sp³-hybridized carbons (Fsp3) is 0.533. The lowest BCUT2D eigenvalue weighted by molar-refractivity contribution is -0.128. The van der Waals surface area contributed by atoms with Crippen LogP contribution < -0.4 is 11.1 Å².